The highest BCUT2D eigenvalue weighted by Gasteiger charge is 2.79. The third kappa shape index (κ3) is 3.98. The van der Waals surface area contributed by atoms with Crippen molar-refractivity contribution < 1.29 is 45.8 Å². The Morgan fingerprint density at radius 2 is 1.59 bits per heavy atom. The van der Waals surface area contributed by atoms with Crippen molar-refractivity contribution in [1.29, 1.82) is 0 Å². The first kappa shape index (κ1) is 21.9. The Bertz CT molecular complexity index is 999. The fourth-order valence-corrected chi connectivity index (χ4v) is 5.01. The molecule has 2 N–H and O–H groups in total. The zero-order chi connectivity index (χ0) is 22.4. The molecule has 0 radical (unpaired) electrons. The minimum atomic E-state index is -10.2. The van der Waals surface area contributed by atoms with E-state index in [0.717, 1.165) is 0 Å². The summed E-state index contributed by atoms with van der Waals surface area (Å²) >= 11 is 0. The number of carbonyl (C=O) groups excluding carboxylic acids is 1. The number of carbonyl (C=O) groups is 1. The highest BCUT2D eigenvalue weighted by molar-refractivity contribution is 8.45. The summed E-state index contributed by atoms with van der Waals surface area (Å²) in [5.74, 6) is -1.18. The molecular weight excluding hydrogens is 460 g/mol. The number of benzene rings is 1. The zero-order valence-corrected chi connectivity index (χ0v) is 16.1. The SMILES string of the molecule is CS(=O)(=O)Nc1cc(S(F)(F)(F)(F)F)ccc1C(=O)NC12CC(C(F)(F)F)(C1)C2. The summed E-state index contributed by atoms with van der Waals surface area (Å²) < 4.78 is 128. The number of nitrogens with one attached hydrogen (secondary N) is 2. The quantitative estimate of drug-likeness (QED) is 0.595. The van der Waals surface area contributed by atoms with Crippen molar-refractivity contribution in [2.45, 2.75) is 35.9 Å². The lowest BCUT2D eigenvalue weighted by Crippen LogP contribution is -2.78. The van der Waals surface area contributed by atoms with Gasteiger partial charge in [0, 0.05) is 5.54 Å². The number of halogens is 8. The molecule has 0 spiro atoms. The molecule has 0 atom stereocenters. The molecule has 3 aliphatic carbocycles. The van der Waals surface area contributed by atoms with Crippen molar-refractivity contribution >= 4 is 31.8 Å². The minimum Gasteiger partial charge on any atom is -0.346 e. The van der Waals surface area contributed by atoms with Gasteiger partial charge < -0.3 is 5.32 Å². The maximum absolute atomic E-state index is 13.0. The molecule has 1 amide bonds. The first-order valence-corrected chi connectivity index (χ1v) is 11.6. The summed E-state index contributed by atoms with van der Waals surface area (Å²) in [5.41, 5.74) is -4.92. The normalized spacial score (nSPS) is 29.0. The van der Waals surface area contributed by atoms with Crippen LogP contribution >= 0.6 is 10.2 Å². The van der Waals surface area contributed by atoms with Gasteiger partial charge in [0.25, 0.3) is 5.91 Å². The van der Waals surface area contributed by atoms with Gasteiger partial charge in [0.05, 0.1) is 22.9 Å². The number of alkyl halides is 3. The van der Waals surface area contributed by atoms with E-state index in [9.17, 15) is 45.8 Å². The zero-order valence-electron chi connectivity index (χ0n) is 14.4. The highest BCUT2D eigenvalue weighted by Crippen LogP contribution is 3.02. The van der Waals surface area contributed by atoms with Gasteiger partial charge in [-0.05, 0) is 37.5 Å². The molecule has 15 heteroatoms. The lowest BCUT2D eigenvalue weighted by molar-refractivity contribution is -0.336. The number of hydrogen-bond donors (Lipinski definition) is 2. The fraction of sp³-hybridized carbons (Fsp3) is 0.500. The minimum absolute atomic E-state index is 0.0802. The van der Waals surface area contributed by atoms with E-state index in [4.69, 9.17) is 0 Å². The molecule has 2 bridgehead atoms. The van der Waals surface area contributed by atoms with Crippen LogP contribution in [0.2, 0.25) is 0 Å². The first-order chi connectivity index (χ1) is 12.5. The van der Waals surface area contributed by atoms with E-state index in [1.54, 1.807) is 4.72 Å². The lowest BCUT2D eigenvalue weighted by Gasteiger charge is -2.70. The van der Waals surface area contributed by atoms with E-state index in [0.29, 0.717) is 12.3 Å². The summed E-state index contributed by atoms with van der Waals surface area (Å²) in [7, 11) is -14.4. The molecule has 166 valence electrons. The molecule has 29 heavy (non-hydrogen) atoms. The topological polar surface area (TPSA) is 75.3 Å². The number of rotatable bonds is 5. The van der Waals surface area contributed by atoms with Crippen LogP contribution in [0.5, 0.6) is 0 Å². The molecule has 5 nitrogen and oxygen atoms in total. The predicted molar refractivity (Wildman–Crippen MR) is 88.8 cm³/mol. The Morgan fingerprint density at radius 1 is 1.07 bits per heavy atom. The number of amides is 1. The van der Waals surface area contributed by atoms with E-state index in [-0.39, 0.29) is 12.1 Å². The summed E-state index contributed by atoms with van der Waals surface area (Å²) in [6.45, 7) is 0. The van der Waals surface area contributed by atoms with Crippen molar-refractivity contribution in [3.8, 4) is 0 Å². The molecule has 4 rings (SSSR count). The van der Waals surface area contributed by atoms with Crippen molar-refractivity contribution in [2.24, 2.45) is 5.41 Å². The van der Waals surface area contributed by atoms with Gasteiger partial charge in [-0.1, -0.05) is 19.4 Å². The Labute approximate surface area is 159 Å². The molecule has 1 aromatic carbocycles. The van der Waals surface area contributed by atoms with Crippen LogP contribution in [0.15, 0.2) is 23.1 Å². The molecule has 3 aliphatic rings. The molecule has 0 unspecified atom stereocenters. The Kier molecular flexibility index (Phi) is 3.85. The summed E-state index contributed by atoms with van der Waals surface area (Å²) in [6, 6.07) is 0.0565. The molecule has 0 heterocycles. The van der Waals surface area contributed by atoms with Crippen LogP contribution in [0.3, 0.4) is 0 Å². The monoisotopic (exact) mass is 474 g/mol. The molecular formula is C14H14F8N2O3S2. The maximum Gasteiger partial charge on any atom is 0.394 e. The maximum atomic E-state index is 13.0. The summed E-state index contributed by atoms with van der Waals surface area (Å²) in [5, 5.41) is 2.24. The molecule has 3 fully saturated rings. The van der Waals surface area contributed by atoms with Gasteiger partial charge in [-0.15, -0.1) is 0 Å². The third-order valence-electron chi connectivity index (χ3n) is 4.99. The Balaban J connectivity index is 1.91. The van der Waals surface area contributed by atoms with Crippen molar-refractivity contribution in [1.82, 2.24) is 5.32 Å². The van der Waals surface area contributed by atoms with Gasteiger partial charge in [-0.25, -0.2) is 8.42 Å². The second-order valence-corrected chi connectivity index (χ2v) is 11.8. The Morgan fingerprint density at radius 3 is 2.00 bits per heavy atom. The standard InChI is InChI=1S/C14H14F8N2O3S2/c1-28(26,27)24-10-4-8(29(18,19,20,21)22)2-3-9(10)11(25)23-13-5-12(6-13,7-13)14(15,16)17/h2-4,24H,5-7H2,1H3,(H,23,25). The molecule has 0 aliphatic heterocycles. The van der Waals surface area contributed by atoms with E-state index in [1.807, 2.05) is 0 Å². The van der Waals surface area contributed by atoms with Gasteiger partial charge in [0.2, 0.25) is 10.0 Å². The predicted octanol–water partition coefficient (Wildman–Crippen LogP) is 4.93. The van der Waals surface area contributed by atoms with Gasteiger partial charge in [-0.2, -0.15) is 13.2 Å². The average Bonchev–Trinajstić information content (AvgIpc) is 2.34. The van der Waals surface area contributed by atoms with Crippen LogP contribution < -0.4 is 10.0 Å². The summed E-state index contributed by atoms with van der Waals surface area (Å²) in [4.78, 5) is 9.95. The second kappa shape index (κ2) is 5.10. The van der Waals surface area contributed by atoms with Crippen molar-refractivity contribution in [2.75, 3.05) is 11.0 Å². The van der Waals surface area contributed by atoms with Gasteiger partial charge in [-0.3, -0.25) is 9.52 Å². The molecule has 3 saturated carbocycles. The van der Waals surface area contributed by atoms with Crippen LogP contribution in [0.1, 0.15) is 29.6 Å². The Hall–Kier alpha value is -1.77. The molecule has 1 aromatic rings. The van der Waals surface area contributed by atoms with E-state index in [2.05, 4.69) is 5.32 Å². The highest BCUT2D eigenvalue weighted by atomic mass is 32.5. The van der Waals surface area contributed by atoms with E-state index in [1.165, 1.54) is 0 Å². The lowest BCUT2D eigenvalue weighted by atomic mass is 9.39. The van der Waals surface area contributed by atoms with Crippen LogP contribution in [0.25, 0.3) is 0 Å². The fourth-order valence-electron chi connectivity index (χ4n) is 3.77. The van der Waals surface area contributed by atoms with Crippen LogP contribution in [0.4, 0.5) is 38.3 Å². The smallest absolute Gasteiger partial charge is 0.346 e. The van der Waals surface area contributed by atoms with Gasteiger partial charge in [0.1, 0.15) is 4.90 Å². The van der Waals surface area contributed by atoms with Crippen LogP contribution in [-0.4, -0.2) is 32.3 Å². The first-order valence-electron chi connectivity index (χ1n) is 7.80. The second-order valence-electron chi connectivity index (χ2n) is 7.59. The average molecular weight is 474 g/mol. The van der Waals surface area contributed by atoms with Crippen molar-refractivity contribution in [3.05, 3.63) is 23.8 Å². The van der Waals surface area contributed by atoms with E-state index >= 15 is 0 Å². The number of sulfonamides is 1. The number of hydrogen-bond acceptors (Lipinski definition) is 3. The van der Waals surface area contributed by atoms with Gasteiger partial charge >= 0.3 is 16.4 Å². The largest absolute Gasteiger partial charge is 0.394 e. The van der Waals surface area contributed by atoms with Crippen molar-refractivity contribution in [3.63, 3.8) is 0 Å². The molecule has 0 saturated heterocycles. The van der Waals surface area contributed by atoms with Crippen LogP contribution in [0, 0.1) is 5.41 Å². The summed E-state index contributed by atoms with van der Waals surface area (Å²) in [6.07, 6.45) is -5.21. The van der Waals surface area contributed by atoms with Crippen LogP contribution in [-0.2, 0) is 10.0 Å². The van der Waals surface area contributed by atoms with E-state index < -0.39 is 78.7 Å². The van der Waals surface area contributed by atoms with Gasteiger partial charge in [0.15, 0.2) is 0 Å². The molecule has 0 aromatic heterocycles. The number of anilines is 1. The third-order valence-corrected chi connectivity index (χ3v) is 6.72.